The Labute approximate surface area is 125 Å². The first kappa shape index (κ1) is 15.0. The van der Waals surface area contributed by atoms with Gasteiger partial charge in [-0.2, -0.15) is 0 Å². The number of aryl methyl sites for hydroxylation is 2. The van der Waals surface area contributed by atoms with Crippen LogP contribution in [0.3, 0.4) is 0 Å². The molecule has 0 aliphatic carbocycles. The lowest BCUT2D eigenvalue weighted by Crippen LogP contribution is -2.08. The minimum absolute atomic E-state index is 0.120. The average Bonchev–Trinajstić information content (AvgIpc) is 2.44. The van der Waals surface area contributed by atoms with Gasteiger partial charge in [-0.15, -0.1) is 0 Å². The molecule has 106 valence electrons. The Morgan fingerprint density at radius 2 is 1.60 bits per heavy atom. The quantitative estimate of drug-likeness (QED) is 0.865. The summed E-state index contributed by atoms with van der Waals surface area (Å²) >= 11 is 1.59. The van der Waals surface area contributed by atoms with E-state index in [0.29, 0.717) is 0 Å². The van der Waals surface area contributed by atoms with E-state index < -0.39 is 0 Å². The lowest BCUT2D eigenvalue weighted by molar-refractivity contribution is 0.698. The number of nitrogens with zero attached hydrogens (tertiary/aromatic N) is 2. The van der Waals surface area contributed by atoms with Gasteiger partial charge in [-0.05, 0) is 62.2 Å². The van der Waals surface area contributed by atoms with Crippen LogP contribution >= 0.6 is 11.8 Å². The molecule has 0 bridgehead atoms. The van der Waals surface area contributed by atoms with Gasteiger partial charge in [-0.3, -0.25) is 0 Å². The first-order valence-electron chi connectivity index (χ1n) is 6.86. The summed E-state index contributed by atoms with van der Waals surface area (Å²) in [5.74, 6) is 0. The molecule has 1 aromatic heterocycles. The smallest absolute Gasteiger partial charge is 0.192 e. The van der Waals surface area contributed by atoms with Gasteiger partial charge in [0.25, 0.3) is 0 Å². The zero-order chi connectivity index (χ0) is 14.7. The van der Waals surface area contributed by atoms with Crippen molar-refractivity contribution < 1.29 is 0 Å². The fraction of sp³-hybridized carbons (Fsp3) is 0.375. The minimum atomic E-state index is 0.120. The van der Waals surface area contributed by atoms with Gasteiger partial charge in [-0.1, -0.05) is 19.1 Å². The molecule has 0 radical (unpaired) electrons. The Bertz CT molecular complexity index is 570. The second-order valence-corrected chi connectivity index (χ2v) is 6.03. The maximum atomic E-state index is 6.02. The highest BCUT2D eigenvalue weighted by atomic mass is 32.2. The Morgan fingerprint density at radius 1 is 1.05 bits per heavy atom. The lowest BCUT2D eigenvalue weighted by Gasteiger charge is -2.10. The number of rotatable bonds is 4. The van der Waals surface area contributed by atoms with Crippen LogP contribution in [0.1, 0.15) is 41.9 Å². The van der Waals surface area contributed by atoms with Crippen LogP contribution in [-0.2, 0) is 0 Å². The van der Waals surface area contributed by atoms with Gasteiger partial charge in [0.2, 0.25) is 0 Å². The second kappa shape index (κ2) is 6.37. The number of benzene rings is 1. The molecule has 0 aliphatic heterocycles. The van der Waals surface area contributed by atoms with Crippen molar-refractivity contribution in [3.8, 4) is 0 Å². The maximum absolute atomic E-state index is 6.02. The van der Waals surface area contributed by atoms with Crippen molar-refractivity contribution >= 4 is 11.8 Å². The van der Waals surface area contributed by atoms with E-state index in [4.69, 9.17) is 5.73 Å². The summed E-state index contributed by atoms with van der Waals surface area (Å²) in [5, 5.41) is 0.804. The van der Waals surface area contributed by atoms with Crippen LogP contribution in [0.4, 0.5) is 0 Å². The van der Waals surface area contributed by atoms with E-state index in [2.05, 4.69) is 48.1 Å². The third kappa shape index (κ3) is 3.38. The molecule has 0 spiro atoms. The van der Waals surface area contributed by atoms with E-state index in [-0.39, 0.29) is 6.04 Å². The van der Waals surface area contributed by atoms with Crippen LogP contribution in [0.25, 0.3) is 0 Å². The van der Waals surface area contributed by atoms with Gasteiger partial charge in [-0.25, -0.2) is 9.97 Å². The third-order valence-electron chi connectivity index (χ3n) is 3.57. The first-order chi connectivity index (χ1) is 9.51. The normalized spacial score (nSPS) is 12.4. The van der Waals surface area contributed by atoms with Crippen molar-refractivity contribution in [1.29, 1.82) is 0 Å². The van der Waals surface area contributed by atoms with Crippen LogP contribution in [-0.4, -0.2) is 9.97 Å². The van der Waals surface area contributed by atoms with Gasteiger partial charge in [0.05, 0.1) is 0 Å². The summed E-state index contributed by atoms with van der Waals surface area (Å²) in [6, 6.07) is 8.47. The fourth-order valence-electron chi connectivity index (χ4n) is 1.91. The highest BCUT2D eigenvalue weighted by Gasteiger charge is 2.07. The third-order valence-corrected chi connectivity index (χ3v) is 4.44. The highest BCUT2D eigenvalue weighted by Crippen LogP contribution is 2.27. The van der Waals surface area contributed by atoms with Crippen LogP contribution in [0, 0.1) is 20.8 Å². The van der Waals surface area contributed by atoms with E-state index in [9.17, 15) is 0 Å². The predicted octanol–water partition coefficient (Wildman–Crippen LogP) is 3.96. The monoisotopic (exact) mass is 287 g/mol. The molecule has 2 N–H and O–H groups in total. The Balaban J connectivity index is 2.18. The molecule has 0 fully saturated rings. The van der Waals surface area contributed by atoms with E-state index >= 15 is 0 Å². The first-order valence-corrected chi connectivity index (χ1v) is 7.68. The lowest BCUT2D eigenvalue weighted by atomic mass is 10.1. The largest absolute Gasteiger partial charge is 0.324 e. The molecule has 0 amide bonds. The zero-order valence-corrected chi connectivity index (χ0v) is 13.3. The Hall–Kier alpha value is -1.39. The summed E-state index contributed by atoms with van der Waals surface area (Å²) in [6.07, 6.45) is 0.950. The van der Waals surface area contributed by atoms with Gasteiger partial charge >= 0.3 is 0 Å². The molecule has 1 atom stereocenters. The fourth-order valence-corrected chi connectivity index (χ4v) is 2.76. The molecular formula is C16H21N3S. The highest BCUT2D eigenvalue weighted by molar-refractivity contribution is 7.99. The van der Waals surface area contributed by atoms with Crippen molar-refractivity contribution in [2.24, 2.45) is 5.73 Å². The van der Waals surface area contributed by atoms with Crippen LogP contribution in [0.5, 0.6) is 0 Å². The van der Waals surface area contributed by atoms with Crippen molar-refractivity contribution in [2.45, 2.75) is 50.2 Å². The molecule has 0 saturated carbocycles. The van der Waals surface area contributed by atoms with Crippen LogP contribution in [0.2, 0.25) is 0 Å². The Morgan fingerprint density at radius 3 is 2.10 bits per heavy atom. The van der Waals surface area contributed by atoms with Crippen molar-refractivity contribution in [1.82, 2.24) is 9.97 Å². The summed E-state index contributed by atoms with van der Waals surface area (Å²) in [4.78, 5) is 10.2. The predicted molar refractivity (Wildman–Crippen MR) is 84.0 cm³/mol. The van der Waals surface area contributed by atoms with Crippen LogP contribution in [0.15, 0.2) is 34.3 Å². The Kier molecular flexibility index (Phi) is 4.78. The maximum Gasteiger partial charge on any atom is 0.192 e. The van der Waals surface area contributed by atoms with E-state index in [1.165, 1.54) is 11.1 Å². The molecule has 2 aromatic rings. The van der Waals surface area contributed by atoms with Crippen molar-refractivity contribution in [3.05, 3.63) is 46.8 Å². The standard InChI is InChI=1S/C16H21N3S/c1-5-15(17)13-6-8-14(9-7-13)20-16-18-11(3)10(2)12(4)19-16/h6-9,15H,5,17H2,1-4H3/t15-/m1/s1. The van der Waals surface area contributed by atoms with Gasteiger partial charge in [0.1, 0.15) is 0 Å². The SMILES string of the molecule is CC[C@@H](N)c1ccc(Sc2nc(C)c(C)c(C)n2)cc1. The number of aromatic nitrogens is 2. The molecule has 2 rings (SSSR count). The molecular weight excluding hydrogens is 266 g/mol. The average molecular weight is 287 g/mol. The summed E-state index contributed by atoms with van der Waals surface area (Å²) < 4.78 is 0. The number of hydrogen-bond donors (Lipinski definition) is 1. The summed E-state index contributed by atoms with van der Waals surface area (Å²) in [6.45, 7) is 8.20. The van der Waals surface area contributed by atoms with E-state index in [0.717, 1.165) is 27.9 Å². The zero-order valence-electron chi connectivity index (χ0n) is 12.5. The van der Waals surface area contributed by atoms with Gasteiger partial charge < -0.3 is 5.73 Å². The molecule has 20 heavy (non-hydrogen) atoms. The van der Waals surface area contributed by atoms with E-state index in [1.54, 1.807) is 11.8 Å². The van der Waals surface area contributed by atoms with Crippen molar-refractivity contribution in [2.75, 3.05) is 0 Å². The topological polar surface area (TPSA) is 51.8 Å². The molecule has 3 nitrogen and oxygen atoms in total. The molecule has 0 saturated heterocycles. The minimum Gasteiger partial charge on any atom is -0.324 e. The molecule has 0 unspecified atom stereocenters. The summed E-state index contributed by atoms with van der Waals surface area (Å²) in [7, 11) is 0. The van der Waals surface area contributed by atoms with Gasteiger partial charge in [0, 0.05) is 22.3 Å². The van der Waals surface area contributed by atoms with Crippen LogP contribution < -0.4 is 5.73 Å². The summed E-state index contributed by atoms with van der Waals surface area (Å²) in [5.41, 5.74) is 10.5. The van der Waals surface area contributed by atoms with Gasteiger partial charge in [0.15, 0.2) is 5.16 Å². The number of hydrogen-bond acceptors (Lipinski definition) is 4. The molecule has 0 aliphatic rings. The number of nitrogens with two attached hydrogens (primary N) is 1. The van der Waals surface area contributed by atoms with E-state index in [1.807, 2.05) is 13.8 Å². The molecule has 1 aromatic carbocycles. The molecule has 4 heteroatoms. The second-order valence-electron chi connectivity index (χ2n) is 4.99. The van der Waals surface area contributed by atoms with Crippen molar-refractivity contribution in [3.63, 3.8) is 0 Å². The molecule has 1 heterocycles.